The largest absolute Gasteiger partial charge is 0.467 e. The fourth-order valence-corrected chi connectivity index (χ4v) is 2.59. The number of furan rings is 1. The van der Waals surface area contributed by atoms with Crippen molar-refractivity contribution in [1.29, 1.82) is 0 Å². The molecule has 1 saturated carbocycles. The maximum atomic E-state index is 11.9. The maximum absolute atomic E-state index is 11.9. The van der Waals surface area contributed by atoms with E-state index in [-0.39, 0.29) is 18.4 Å². The Balaban J connectivity index is 1.84. The Hall–Kier alpha value is -1.29. The molecule has 1 aromatic heterocycles. The lowest BCUT2D eigenvalue weighted by Crippen LogP contribution is -2.39. The van der Waals surface area contributed by atoms with Crippen LogP contribution in [0.3, 0.4) is 0 Å². The van der Waals surface area contributed by atoms with Gasteiger partial charge in [-0.15, -0.1) is 0 Å². The molecule has 2 rings (SSSR count). The van der Waals surface area contributed by atoms with Crippen LogP contribution in [0.1, 0.15) is 57.3 Å². The average Bonchev–Trinajstić information content (AvgIpc) is 2.82. The van der Waals surface area contributed by atoms with Gasteiger partial charge in [0.1, 0.15) is 5.76 Å². The van der Waals surface area contributed by atoms with E-state index in [1.54, 1.807) is 12.3 Å². The summed E-state index contributed by atoms with van der Waals surface area (Å²) < 4.78 is 5.23. The van der Waals surface area contributed by atoms with Crippen LogP contribution in [0.4, 0.5) is 0 Å². The van der Waals surface area contributed by atoms with E-state index >= 15 is 0 Å². The van der Waals surface area contributed by atoms with E-state index in [9.17, 15) is 9.90 Å². The first kappa shape index (κ1) is 13.1. The molecule has 100 valence electrons. The van der Waals surface area contributed by atoms with Crippen molar-refractivity contribution in [3.8, 4) is 0 Å². The predicted molar refractivity (Wildman–Crippen MR) is 67.9 cm³/mol. The Morgan fingerprint density at radius 1 is 1.50 bits per heavy atom. The minimum Gasteiger partial charge on any atom is -0.467 e. The highest BCUT2D eigenvalue weighted by Crippen LogP contribution is 2.30. The summed E-state index contributed by atoms with van der Waals surface area (Å²) in [5.74, 6) is 0.627. The molecule has 1 fully saturated rings. The lowest BCUT2D eigenvalue weighted by atomic mass is 9.82. The highest BCUT2D eigenvalue weighted by Gasteiger charge is 2.32. The SMILES string of the molecule is CC(NC(=O)CC1(O)CCCCC1)c1ccco1. The van der Waals surface area contributed by atoms with Gasteiger partial charge in [0.25, 0.3) is 0 Å². The first-order valence-electron chi connectivity index (χ1n) is 6.64. The fourth-order valence-electron chi connectivity index (χ4n) is 2.59. The molecule has 2 N–H and O–H groups in total. The van der Waals surface area contributed by atoms with Gasteiger partial charge in [0.05, 0.1) is 24.3 Å². The summed E-state index contributed by atoms with van der Waals surface area (Å²) in [5.41, 5.74) is -0.800. The molecule has 18 heavy (non-hydrogen) atoms. The lowest BCUT2D eigenvalue weighted by Gasteiger charge is -2.31. The normalized spacial score (nSPS) is 20.3. The number of hydrogen-bond acceptors (Lipinski definition) is 3. The molecule has 0 bridgehead atoms. The molecule has 0 saturated heterocycles. The van der Waals surface area contributed by atoms with Gasteiger partial charge in [-0.05, 0) is 31.9 Å². The van der Waals surface area contributed by atoms with Crippen molar-refractivity contribution in [2.45, 2.75) is 57.1 Å². The predicted octanol–water partition coefficient (Wildman–Crippen LogP) is 2.54. The van der Waals surface area contributed by atoms with Gasteiger partial charge in [-0.1, -0.05) is 19.3 Å². The van der Waals surface area contributed by atoms with Gasteiger partial charge in [0, 0.05) is 0 Å². The molecule has 1 unspecified atom stereocenters. The van der Waals surface area contributed by atoms with Crippen LogP contribution in [0, 0.1) is 0 Å². The van der Waals surface area contributed by atoms with E-state index < -0.39 is 5.60 Å². The van der Waals surface area contributed by atoms with Crippen LogP contribution in [-0.4, -0.2) is 16.6 Å². The molecule has 1 aromatic rings. The zero-order valence-electron chi connectivity index (χ0n) is 10.8. The van der Waals surface area contributed by atoms with Crippen molar-refractivity contribution in [2.75, 3.05) is 0 Å². The summed E-state index contributed by atoms with van der Waals surface area (Å²) in [5, 5.41) is 13.2. The molecule has 4 nitrogen and oxygen atoms in total. The molecule has 1 atom stereocenters. The first-order valence-corrected chi connectivity index (χ1v) is 6.64. The first-order chi connectivity index (χ1) is 8.59. The van der Waals surface area contributed by atoms with Crippen molar-refractivity contribution in [2.24, 2.45) is 0 Å². The van der Waals surface area contributed by atoms with Crippen LogP contribution in [-0.2, 0) is 4.79 Å². The van der Waals surface area contributed by atoms with Crippen LogP contribution < -0.4 is 5.32 Å². The Morgan fingerprint density at radius 2 is 2.22 bits per heavy atom. The zero-order valence-corrected chi connectivity index (χ0v) is 10.8. The summed E-state index contributed by atoms with van der Waals surface area (Å²) >= 11 is 0. The van der Waals surface area contributed by atoms with E-state index in [1.165, 1.54) is 0 Å². The van der Waals surface area contributed by atoms with Crippen molar-refractivity contribution in [1.82, 2.24) is 5.32 Å². The summed E-state index contributed by atoms with van der Waals surface area (Å²) in [4.78, 5) is 11.9. The van der Waals surface area contributed by atoms with Crippen molar-refractivity contribution < 1.29 is 14.3 Å². The van der Waals surface area contributed by atoms with Crippen molar-refractivity contribution in [3.05, 3.63) is 24.2 Å². The number of carbonyl (C=O) groups excluding carboxylic acids is 1. The van der Waals surface area contributed by atoms with Gasteiger partial charge in [-0.25, -0.2) is 0 Å². The molecule has 4 heteroatoms. The third-order valence-corrected chi connectivity index (χ3v) is 3.62. The van der Waals surface area contributed by atoms with Crippen LogP contribution in [0.5, 0.6) is 0 Å². The van der Waals surface area contributed by atoms with Crippen LogP contribution in [0.15, 0.2) is 22.8 Å². The fraction of sp³-hybridized carbons (Fsp3) is 0.643. The average molecular weight is 251 g/mol. The molecular formula is C14H21NO3. The number of carbonyl (C=O) groups is 1. The van der Waals surface area contributed by atoms with Gasteiger partial charge in [0.2, 0.25) is 5.91 Å². The number of nitrogens with one attached hydrogen (secondary N) is 1. The van der Waals surface area contributed by atoms with E-state index in [4.69, 9.17) is 4.42 Å². The van der Waals surface area contributed by atoms with E-state index in [0.717, 1.165) is 37.9 Å². The van der Waals surface area contributed by atoms with E-state index in [0.29, 0.717) is 0 Å². The molecule has 0 aromatic carbocycles. The number of hydrogen-bond donors (Lipinski definition) is 2. The third-order valence-electron chi connectivity index (χ3n) is 3.62. The second-order valence-electron chi connectivity index (χ2n) is 5.27. The molecule has 0 radical (unpaired) electrons. The summed E-state index contributed by atoms with van der Waals surface area (Å²) in [6.07, 6.45) is 6.43. The molecule has 0 aliphatic heterocycles. The summed E-state index contributed by atoms with van der Waals surface area (Å²) in [6, 6.07) is 3.48. The smallest absolute Gasteiger partial charge is 0.223 e. The second-order valence-corrected chi connectivity index (χ2v) is 5.27. The topological polar surface area (TPSA) is 62.5 Å². The highest BCUT2D eigenvalue weighted by atomic mass is 16.3. The van der Waals surface area contributed by atoms with Gasteiger partial charge >= 0.3 is 0 Å². The van der Waals surface area contributed by atoms with Gasteiger partial charge in [-0.2, -0.15) is 0 Å². The molecule has 1 amide bonds. The Morgan fingerprint density at radius 3 is 2.83 bits per heavy atom. The third kappa shape index (κ3) is 3.35. The monoisotopic (exact) mass is 251 g/mol. The second kappa shape index (κ2) is 5.57. The molecular weight excluding hydrogens is 230 g/mol. The quantitative estimate of drug-likeness (QED) is 0.864. The number of amides is 1. The van der Waals surface area contributed by atoms with Gasteiger partial charge < -0.3 is 14.8 Å². The van der Waals surface area contributed by atoms with Gasteiger partial charge in [0.15, 0.2) is 0 Å². The zero-order chi connectivity index (χ0) is 13.0. The van der Waals surface area contributed by atoms with Crippen molar-refractivity contribution in [3.63, 3.8) is 0 Å². The maximum Gasteiger partial charge on any atom is 0.223 e. The van der Waals surface area contributed by atoms with Crippen LogP contribution in [0.2, 0.25) is 0 Å². The van der Waals surface area contributed by atoms with E-state index in [2.05, 4.69) is 5.32 Å². The minimum atomic E-state index is -0.800. The van der Waals surface area contributed by atoms with E-state index in [1.807, 2.05) is 13.0 Å². The summed E-state index contributed by atoms with van der Waals surface area (Å²) in [6.45, 7) is 1.88. The van der Waals surface area contributed by atoms with Crippen molar-refractivity contribution >= 4 is 5.91 Å². The lowest BCUT2D eigenvalue weighted by molar-refractivity contribution is -0.128. The Bertz CT molecular complexity index is 380. The minimum absolute atomic E-state index is 0.108. The standard InChI is InChI=1S/C14H21NO3/c1-11(12-6-5-9-18-12)15-13(16)10-14(17)7-3-2-4-8-14/h5-6,9,11,17H,2-4,7-8,10H2,1H3,(H,15,16). The molecule has 1 aliphatic carbocycles. The molecule has 1 aliphatic rings. The van der Waals surface area contributed by atoms with Crippen LogP contribution in [0.25, 0.3) is 0 Å². The Labute approximate surface area is 107 Å². The number of aliphatic hydroxyl groups is 1. The summed E-state index contributed by atoms with van der Waals surface area (Å²) in [7, 11) is 0. The Kier molecular flexibility index (Phi) is 4.07. The highest BCUT2D eigenvalue weighted by molar-refractivity contribution is 5.77. The molecule has 1 heterocycles. The number of rotatable bonds is 4. The van der Waals surface area contributed by atoms with Gasteiger partial charge in [-0.3, -0.25) is 4.79 Å². The van der Waals surface area contributed by atoms with Crippen LogP contribution >= 0.6 is 0 Å². The molecule has 0 spiro atoms.